The molecule has 0 saturated carbocycles. The molecule has 0 radical (unpaired) electrons. The fourth-order valence-corrected chi connectivity index (χ4v) is 0.955. The van der Waals surface area contributed by atoms with Gasteiger partial charge in [0.1, 0.15) is 0 Å². The minimum absolute atomic E-state index is 0.0484. The van der Waals surface area contributed by atoms with Crippen molar-refractivity contribution >= 4 is 11.5 Å². The third-order valence-corrected chi connectivity index (χ3v) is 1.54. The van der Waals surface area contributed by atoms with Crippen LogP contribution >= 0.6 is 0 Å². The van der Waals surface area contributed by atoms with Gasteiger partial charge in [-0.25, -0.2) is 0 Å². The summed E-state index contributed by atoms with van der Waals surface area (Å²) in [7, 11) is 0. The normalized spacial score (nSPS) is 9.54. The van der Waals surface area contributed by atoms with Crippen LogP contribution in [0.2, 0.25) is 0 Å². The summed E-state index contributed by atoms with van der Waals surface area (Å²) < 4.78 is 0. The Kier molecular flexibility index (Phi) is 2.59. The molecule has 0 atom stereocenters. The standard InChI is InChI=1S/C8H9N3O2/c9-8(10)5-6-1-3-7(4-2-6)11(12)13/h1-4H,5H2,(H3,9,10)/i8+1. The Morgan fingerprint density at radius 2 is 2.00 bits per heavy atom. The van der Waals surface area contributed by atoms with Crippen molar-refractivity contribution < 1.29 is 4.92 Å². The summed E-state index contributed by atoms with van der Waals surface area (Å²) in [5.41, 5.74) is 6.02. The zero-order chi connectivity index (χ0) is 9.84. The molecule has 0 amide bonds. The summed E-state index contributed by atoms with van der Waals surface area (Å²) in [6.45, 7) is 0. The molecule has 5 nitrogen and oxygen atoms in total. The molecule has 0 aliphatic heterocycles. The van der Waals surface area contributed by atoms with E-state index >= 15 is 0 Å². The van der Waals surface area contributed by atoms with Gasteiger partial charge in [-0.1, -0.05) is 12.1 Å². The quantitative estimate of drug-likeness (QED) is 0.239. The van der Waals surface area contributed by atoms with Gasteiger partial charge >= 0.3 is 0 Å². The van der Waals surface area contributed by atoms with Crippen LogP contribution in [0.1, 0.15) is 5.56 Å². The first-order chi connectivity index (χ1) is 6.09. The summed E-state index contributed by atoms with van der Waals surface area (Å²) >= 11 is 0. The Morgan fingerprint density at radius 3 is 2.38 bits per heavy atom. The SMILES string of the molecule is N=[13C](N)Cc1ccc([N+](=O)[O-])cc1. The van der Waals surface area contributed by atoms with Crippen LogP contribution in [0.15, 0.2) is 24.3 Å². The van der Waals surface area contributed by atoms with Crippen LogP contribution in [0.3, 0.4) is 0 Å². The van der Waals surface area contributed by atoms with Gasteiger partial charge in [-0.3, -0.25) is 15.5 Å². The number of nitrogens with one attached hydrogen (secondary N) is 1. The van der Waals surface area contributed by atoms with Crippen LogP contribution in [0.5, 0.6) is 0 Å². The number of hydrogen-bond acceptors (Lipinski definition) is 3. The fourth-order valence-electron chi connectivity index (χ4n) is 0.955. The molecule has 0 bridgehead atoms. The van der Waals surface area contributed by atoms with Crippen molar-refractivity contribution in [2.24, 2.45) is 5.73 Å². The second kappa shape index (κ2) is 3.66. The average molecular weight is 180 g/mol. The van der Waals surface area contributed by atoms with Crippen molar-refractivity contribution in [2.75, 3.05) is 0 Å². The van der Waals surface area contributed by atoms with Crippen LogP contribution in [0.4, 0.5) is 5.69 Å². The van der Waals surface area contributed by atoms with Crippen molar-refractivity contribution in [1.29, 1.82) is 5.41 Å². The number of nitrogens with zero attached hydrogens (tertiary/aromatic N) is 1. The van der Waals surface area contributed by atoms with Gasteiger partial charge < -0.3 is 5.73 Å². The van der Waals surface area contributed by atoms with Crippen LogP contribution in [-0.2, 0) is 6.42 Å². The number of non-ortho nitro benzene ring substituents is 1. The third kappa shape index (κ3) is 2.55. The molecule has 0 fully saturated rings. The summed E-state index contributed by atoms with van der Waals surface area (Å²) in [5, 5.41) is 17.3. The minimum Gasteiger partial charge on any atom is -0.387 e. The molecular formula is C8H9N3O2. The molecule has 1 aromatic carbocycles. The maximum Gasteiger partial charge on any atom is 0.269 e. The molecular weight excluding hydrogens is 171 g/mol. The first-order valence-corrected chi connectivity index (χ1v) is 3.66. The zero-order valence-corrected chi connectivity index (χ0v) is 6.86. The van der Waals surface area contributed by atoms with Gasteiger partial charge in [-0.05, 0) is 5.56 Å². The molecule has 0 unspecified atom stereocenters. The molecule has 3 N–H and O–H groups in total. The van der Waals surface area contributed by atoms with Crippen molar-refractivity contribution in [3.63, 3.8) is 0 Å². The van der Waals surface area contributed by atoms with E-state index in [0.717, 1.165) is 5.56 Å². The topological polar surface area (TPSA) is 93.0 Å². The summed E-state index contributed by atoms with van der Waals surface area (Å²) in [6, 6.07) is 6.00. The monoisotopic (exact) mass is 180 g/mol. The number of nitro groups is 1. The van der Waals surface area contributed by atoms with Crippen LogP contribution in [-0.4, -0.2) is 10.8 Å². The van der Waals surface area contributed by atoms with Crippen LogP contribution < -0.4 is 5.73 Å². The van der Waals surface area contributed by atoms with Crippen LogP contribution in [0.25, 0.3) is 0 Å². The van der Waals surface area contributed by atoms with Gasteiger partial charge in [-0.2, -0.15) is 0 Å². The van der Waals surface area contributed by atoms with Gasteiger partial charge in [0.05, 0.1) is 10.8 Å². The predicted molar refractivity (Wildman–Crippen MR) is 48.7 cm³/mol. The van der Waals surface area contributed by atoms with Crippen molar-refractivity contribution in [2.45, 2.75) is 6.42 Å². The van der Waals surface area contributed by atoms with E-state index in [4.69, 9.17) is 11.1 Å². The van der Waals surface area contributed by atoms with Gasteiger partial charge in [0, 0.05) is 18.6 Å². The third-order valence-electron chi connectivity index (χ3n) is 1.54. The Hall–Kier alpha value is -1.91. The van der Waals surface area contributed by atoms with E-state index in [2.05, 4.69) is 0 Å². The molecule has 0 aromatic heterocycles. The lowest BCUT2D eigenvalue weighted by Crippen LogP contribution is -2.12. The van der Waals surface area contributed by atoms with E-state index in [1.54, 1.807) is 12.1 Å². The second-order valence-electron chi connectivity index (χ2n) is 2.63. The largest absolute Gasteiger partial charge is 0.387 e. The smallest absolute Gasteiger partial charge is 0.269 e. The molecule has 1 rings (SSSR count). The Balaban J connectivity index is 2.81. The van der Waals surface area contributed by atoms with Crippen molar-refractivity contribution in [3.8, 4) is 0 Å². The lowest BCUT2D eigenvalue weighted by molar-refractivity contribution is -0.384. The Labute approximate surface area is 74.8 Å². The number of nitrogens with two attached hydrogens (primary N) is 1. The van der Waals surface area contributed by atoms with Gasteiger partial charge in [-0.15, -0.1) is 0 Å². The van der Waals surface area contributed by atoms with E-state index in [9.17, 15) is 10.1 Å². The van der Waals surface area contributed by atoms with Crippen molar-refractivity contribution in [3.05, 3.63) is 39.9 Å². The number of rotatable bonds is 3. The average Bonchev–Trinajstić information content (AvgIpc) is 2.04. The highest BCUT2D eigenvalue weighted by Gasteiger charge is 2.03. The van der Waals surface area contributed by atoms with Crippen LogP contribution in [0, 0.1) is 15.5 Å². The number of benzene rings is 1. The highest BCUT2D eigenvalue weighted by molar-refractivity contribution is 5.79. The van der Waals surface area contributed by atoms with Gasteiger partial charge in [0.25, 0.3) is 5.69 Å². The fraction of sp³-hybridized carbons (Fsp3) is 0.125. The lowest BCUT2D eigenvalue weighted by atomic mass is 10.2. The van der Waals surface area contributed by atoms with E-state index < -0.39 is 4.92 Å². The molecule has 0 aliphatic rings. The maximum atomic E-state index is 10.3. The molecule has 5 heteroatoms. The van der Waals surface area contributed by atoms with E-state index in [1.165, 1.54) is 12.1 Å². The van der Waals surface area contributed by atoms with E-state index in [-0.39, 0.29) is 11.5 Å². The minimum atomic E-state index is -0.461. The van der Waals surface area contributed by atoms with Gasteiger partial charge in [0.2, 0.25) is 0 Å². The number of amidine groups is 1. The van der Waals surface area contributed by atoms with Gasteiger partial charge in [0.15, 0.2) is 0 Å². The molecule has 13 heavy (non-hydrogen) atoms. The predicted octanol–water partition coefficient (Wildman–Crippen LogP) is 1.07. The Morgan fingerprint density at radius 1 is 1.46 bits per heavy atom. The summed E-state index contributed by atoms with van der Waals surface area (Å²) in [4.78, 5) is 9.81. The maximum absolute atomic E-state index is 10.3. The molecule has 0 saturated heterocycles. The molecule has 68 valence electrons. The molecule has 0 spiro atoms. The first-order valence-electron chi connectivity index (χ1n) is 3.66. The number of nitro benzene ring substituents is 1. The van der Waals surface area contributed by atoms with Crippen molar-refractivity contribution in [1.82, 2.24) is 0 Å². The van der Waals surface area contributed by atoms with E-state index in [0.29, 0.717) is 6.42 Å². The highest BCUT2D eigenvalue weighted by atomic mass is 16.6. The molecule has 1 aromatic rings. The summed E-state index contributed by atoms with van der Waals surface area (Å²) in [6.07, 6.45) is 0.331. The highest BCUT2D eigenvalue weighted by Crippen LogP contribution is 2.11. The first kappa shape index (κ1) is 9.18. The Bertz CT molecular complexity index is 332. The molecule has 0 heterocycles. The zero-order valence-electron chi connectivity index (χ0n) is 6.86. The van der Waals surface area contributed by atoms with E-state index in [1.807, 2.05) is 0 Å². The second-order valence-corrected chi connectivity index (χ2v) is 2.63. The lowest BCUT2D eigenvalue weighted by Gasteiger charge is -1.97. The molecule has 0 aliphatic carbocycles. The summed E-state index contributed by atoms with van der Waals surface area (Å²) in [5.74, 6) is 0.0499. The number of hydrogen-bond donors (Lipinski definition) is 2.